The number of nitrogens with zero attached hydrogens (tertiary/aromatic N) is 1. The van der Waals surface area contributed by atoms with Gasteiger partial charge in [0.2, 0.25) is 11.8 Å². The molecule has 1 aliphatic heterocycles. The predicted molar refractivity (Wildman–Crippen MR) is 118 cm³/mol. The summed E-state index contributed by atoms with van der Waals surface area (Å²) < 4.78 is 5.89. The maximum atomic E-state index is 13.0. The lowest BCUT2D eigenvalue weighted by atomic mass is 9.92. The van der Waals surface area contributed by atoms with Crippen molar-refractivity contribution in [3.63, 3.8) is 0 Å². The molecular weight excluding hydrogens is 376 g/mol. The molecule has 3 rings (SSSR count). The summed E-state index contributed by atoms with van der Waals surface area (Å²) in [5.74, 6) is 1.04. The fraction of sp³-hybridized carbons (Fsp3) is 0.440. The molecule has 0 radical (unpaired) electrons. The number of rotatable bonds is 7. The molecule has 30 heavy (non-hydrogen) atoms. The Labute approximate surface area is 179 Å². The van der Waals surface area contributed by atoms with Gasteiger partial charge >= 0.3 is 0 Å². The molecule has 0 fully saturated rings. The monoisotopic (exact) mass is 408 g/mol. The Morgan fingerprint density at radius 2 is 1.73 bits per heavy atom. The van der Waals surface area contributed by atoms with Gasteiger partial charge in [-0.1, -0.05) is 56.3 Å². The van der Waals surface area contributed by atoms with Crippen molar-refractivity contribution < 1.29 is 14.3 Å². The number of benzene rings is 2. The number of fused-ring (bicyclic) bond motifs is 1. The summed E-state index contributed by atoms with van der Waals surface area (Å²) in [5, 5.41) is 2.97. The molecule has 1 N–H and O–H groups in total. The first kappa shape index (κ1) is 21.9. The van der Waals surface area contributed by atoms with Crippen LogP contribution in [0.25, 0.3) is 0 Å². The third-order valence-corrected chi connectivity index (χ3v) is 5.51. The van der Waals surface area contributed by atoms with Crippen molar-refractivity contribution in [3.8, 4) is 5.75 Å². The van der Waals surface area contributed by atoms with Crippen LogP contribution in [0.5, 0.6) is 5.75 Å². The number of nitrogens with one attached hydrogen (secondary N) is 1. The number of carbonyl (C=O) groups is 2. The third kappa shape index (κ3) is 5.21. The Bertz CT molecular complexity index is 887. The fourth-order valence-corrected chi connectivity index (χ4v) is 3.96. The normalized spacial score (nSPS) is 15.6. The number of aryl methyl sites for hydroxylation is 2. The Hall–Kier alpha value is -2.82. The molecule has 160 valence electrons. The van der Waals surface area contributed by atoms with Gasteiger partial charge < -0.3 is 15.0 Å². The molecule has 5 nitrogen and oxygen atoms in total. The lowest BCUT2D eigenvalue weighted by Crippen LogP contribution is -2.53. The Morgan fingerprint density at radius 1 is 1.07 bits per heavy atom. The largest absolute Gasteiger partial charge is 0.491 e. The minimum Gasteiger partial charge on any atom is -0.491 e. The maximum Gasteiger partial charge on any atom is 0.243 e. The minimum atomic E-state index is -0.480. The highest BCUT2D eigenvalue weighted by Gasteiger charge is 2.34. The second-order valence-corrected chi connectivity index (χ2v) is 8.47. The van der Waals surface area contributed by atoms with Gasteiger partial charge in [-0.25, -0.2) is 0 Å². The maximum absolute atomic E-state index is 13.0. The van der Waals surface area contributed by atoms with Gasteiger partial charge in [0.15, 0.2) is 0 Å². The van der Waals surface area contributed by atoms with Crippen molar-refractivity contribution in [1.82, 2.24) is 10.2 Å². The van der Waals surface area contributed by atoms with E-state index in [1.54, 1.807) is 4.90 Å². The van der Waals surface area contributed by atoms with E-state index in [9.17, 15) is 9.59 Å². The molecule has 0 bridgehead atoms. The van der Waals surface area contributed by atoms with E-state index in [0.717, 1.165) is 28.0 Å². The van der Waals surface area contributed by atoms with Gasteiger partial charge in [-0.05, 0) is 42.0 Å². The summed E-state index contributed by atoms with van der Waals surface area (Å²) >= 11 is 0. The lowest BCUT2D eigenvalue weighted by molar-refractivity contribution is -0.142. The molecule has 2 aromatic rings. The molecule has 2 amide bonds. The van der Waals surface area contributed by atoms with E-state index in [4.69, 9.17) is 4.74 Å². The topological polar surface area (TPSA) is 58.6 Å². The van der Waals surface area contributed by atoms with E-state index in [2.05, 4.69) is 5.32 Å². The Morgan fingerprint density at radius 3 is 2.40 bits per heavy atom. The number of hydrogen-bond acceptors (Lipinski definition) is 3. The van der Waals surface area contributed by atoms with Gasteiger partial charge in [0.25, 0.3) is 0 Å². The summed E-state index contributed by atoms with van der Waals surface area (Å²) in [7, 11) is 0. The molecule has 1 unspecified atom stereocenters. The highest BCUT2D eigenvalue weighted by molar-refractivity contribution is 5.88. The van der Waals surface area contributed by atoms with Crippen molar-refractivity contribution in [1.29, 1.82) is 0 Å². The van der Waals surface area contributed by atoms with E-state index < -0.39 is 6.04 Å². The van der Waals surface area contributed by atoms with E-state index in [0.29, 0.717) is 32.5 Å². The third-order valence-electron chi connectivity index (χ3n) is 5.51. The fourth-order valence-electron chi connectivity index (χ4n) is 3.96. The number of hydrogen-bond donors (Lipinski definition) is 1. The standard InChI is InChI=1S/C25H32N2O3/c1-17(2)14-23(28)27-16-21-11-6-5-10-20(21)15-22(27)25(29)26-12-13-30-24-18(3)8-7-9-19(24)4/h5-11,17,22H,12-16H2,1-4H3,(H,26,29). The van der Waals surface area contributed by atoms with Gasteiger partial charge in [-0.15, -0.1) is 0 Å². The summed E-state index contributed by atoms with van der Waals surface area (Å²) in [6.45, 7) is 9.35. The Balaban J connectivity index is 1.63. The molecule has 0 aromatic heterocycles. The predicted octanol–water partition coefficient (Wildman–Crippen LogP) is 3.80. The Kier molecular flexibility index (Phi) is 7.14. The van der Waals surface area contributed by atoms with Crippen molar-refractivity contribution in [3.05, 3.63) is 64.7 Å². The molecule has 2 aromatic carbocycles. The van der Waals surface area contributed by atoms with Gasteiger partial charge in [-0.3, -0.25) is 9.59 Å². The average molecular weight is 409 g/mol. The first-order valence-corrected chi connectivity index (χ1v) is 10.7. The second kappa shape index (κ2) is 9.79. The van der Waals surface area contributed by atoms with Crippen molar-refractivity contribution >= 4 is 11.8 Å². The van der Waals surface area contributed by atoms with Gasteiger partial charge in [0, 0.05) is 19.4 Å². The number of carbonyl (C=O) groups excluding carboxylic acids is 2. The van der Waals surface area contributed by atoms with E-state index in [1.807, 2.05) is 70.2 Å². The zero-order valence-electron chi connectivity index (χ0n) is 18.4. The van der Waals surface area contributed by atoms with E-state index in [1.165, 1.54) is 0 Å². The minimum absolute atomic E-state index is 0.0337. The highest BCUT2D eigenvalue weighted by Crippen LogP contribution is 2.25. The van der Waals surface area contributed by atoms with Crippen molar-refractivity contribution in [2.45, 2.75) is 53.1 Å². The molecule has 1 aliphatic rings. The highest BCUT2D eigenvalue weighted by atomic mass is 16.5. The van der Waals surface area contributed by atoms with Crippen LogP contribution in [0.15, 0.2) is 42.5 Å². The smallest absolute Gasteiger partial charge is 0.243 e. The number of para-hydroxylation sites is 1. The van der Waals surface area contributed by atoms with Crippen molar-refractivity contribution in [2.75, 3.05) is 13.2 Å². The average Bonchev–Trinajstić information content (AvgIpc) is 2.71. The second-order valence-electron chi connectivity index (χ2n) is 8.47. The summed E-state index contributed by atoms with van der Waals surface area (Å²) in [6, 6.07) is 13.6. The molecule has 1 heterocycles. The zero-order valence-corrected chi connectivity index (χ0v) is 18.4. The van der Waals surface area contributed by atoms with Crippen LogP contribution in [-0.2, 0) is 22.6 Å². The van der Waals surface area contributed by atoms with Crippen LogP contribution >= 0.6 is 0 Å². The number of ether oxygens (including phenoxy) is 1. The van der Waals surface area contributed by atoms with Crippen molar-refractivity contribution in [2.24, 2.45) is 5.92 Å². The van der Waals surface area contributed by atoms with Crippen LogP contribution in [0.3, 0.4) is 0 Å². The van der Waals surface area contributed by atoms with E-state index >= 15 is 0 Å². The molecule has 0 aliphatic carbocycles. The lowest BCUT2D eigenvalue weighted by Gasteiger charge is -2.36. The zero-order chi connectivity index (χ0) is 21.7. The first-order chi connectivity index (χ1) is 14.4. The van der Waals surface area contributed by atoms with Crippen LogP contribution in [0.1, 0.15) is 42.5 Å². The molecule has 0 saturated heterocycles. The summed E-state index contributed by atoms with van der Waals surface area (Å²) in [5.41, 5.74) is 4.42. The van der Waals surface area contributed by atoms with Gasteiger partial charge in [0.1, 0.15) is 18.4 Å². The molecular formula is C25H32N2O3. The van der Waals surface area contributed by atoms with Gasteiger partial charge in [0.05, 0.1) is 6.54 Å². The van der Waals surface area contributed by atoms with Crippen LogP contribution in [0.2, 0.25) is 0 Å². The summed E-state index contributed by atoms with van der Waals surface area (Å²) in [4.78, 5) is 27.6. The van der Waals surface area contributed by atoms with Crippen LogP contribution in [-0.4, -0.2) is 35.9 Å². The number of amides is 2. The summed E-state index contributed by atoms with van der Waals surface area (Å²) in [6.07, 6.45) is 0.991. The van der Waals surface area contributed by atoms with E-state index in [-0.39, 0.29) is 17.7 Å². The molecule has 5 heteroatoms. The molecule has 0 spiro atoms. The van der Waals surface area contributed by atoms with Crippen LogP contribution in [0, 0.1) is 19.8 Å². The molecule has 0 saturated carbocycles. The van der Waals surface area contributed by atoms with Gasteiger partial charge in [-0.2, -0.15) is 0 Å². The quantitative estimate of drug-likeness (QED) is 0.709. The first-order valence-electron chi connectivity index (χ1n) is 10.7. The van der Waals surface area contributed by atoms with Crippen LogP contribution < -0.4 is 10.1 Å². The molecule has 1 atom stereocenters. The SMILES string of the molecule is Cc1cccc(C)c1OCCNC(=O)C1Cc2ccccc2CN1C(=O)CC(C)C. The van der Waals surface area contributed by atoms with Crippen LogP contribution in [0.4, 0.5) is 0 Å².